The van der Waals surface area contributed by atoms with Gasteiger partial charge >= 0.3 is 0 Å². The Morgan fingerprint density at radius 3 is 2.64 bits per heavy atom. The van der Waals surface area contributed by atoms with Gasteiger partial charge in [0, 0.05) is 6.04 Å². The number of nitrogens with zero attached hydrogens (tertiary/aromatic N) is 1. The van der Waals surface area contributed by atoms with Gasteiger partial charge in [-0.2, -0.15) is 5.26 Å². The third-order valence-electron chi connectivity index (χ3n) is 2.25. The minimum absolute atomic E-state index is 0. The van der Waals surface area contributed by atoms with Crippen molar-refractivity contribution in [1.29, 1.82) is 5.26 Å². The summed E-state index contributed by atoms with van der Waals surface area (Å²) in [5, 5.41) is 8.59. The lowest BCUT2D eigenvalue weighted by molar-refractivity contribution is 0.807. The van der Waals surface area contributed by atoms with Gasteiger partial charge in [0.2, 0.25) is 0 Å². The molecule has 0 aliphatic heterocycles. The molecule has 0 bridgehead atoms. The summed E-state index contributed by atoms with van der Waals surface area (Å²) in [6.07, 6.45) is 0.465. The number of halogens is 1. The molecule has 1 aromatic carbocycles. The molecular formula is C11H15ClN2. The molecule has 0 unspecified atom stereocenters. The van der Waals surface area contributed by atoms with Gasteiger partial charge in [0.15, 0.2) is 0 Å². The molecule has 0 aliphatic rings. The second-order valence-electron chi connectivity index (χ2n) is 3.25. The molecule has 0 radical (unpaired) electrons. The van der Waals surface area contributed by atoms with Crippen molar-refractivity contribution < 1.29 is 0 Å². The first-order valence-electron chi connectivity index (χ1n) is 4.37. The lowest BCUT2D eigenvalue weighted by Crippen LogP contribution is -2.08. The molecule has 0 heterocycles. The fourth-order valence-corrected chi connectivity index (χ4v) is 1.47. The zero-order chi connectivity index (χ0) is 9.84. The summed E-state index contributed by atoms with van der Waals surface area (Å²) in [5.41, 5.74) is 9.16. The van der Waals surface area contributed by atoms with Gasteiger partial charge in [0.25, 0.3) is 0 Å². The van der Waals surface area contributed by atoms with Crippen molar-refractivity contribution in [3.8, 4) is 6.07 Å². The van der Waals surface area contributed by atoms with E-state index in [2.05, 4.69) is 6.07 Å². The van der Waals surface area contributed by atoms with E-state index in [4.69, 9.17) is 11.0 Å². The number of nitriles is 1. The smallest absolute Gasteiger partial charge is 0.0669 e. The first-order valence-corrected chi connectivity index (χ1v) is 4.37. The quantitative estimate of drug-likeness (QED) is 0.816. The number of nitrogens with two attached hydrogens (primary N) is 1. The van der Waals surface area contributed by atoms with Gasteiger partial charge in [-0.25, -0.2) is 0 Å². The van der Waals surface area contributed by atoms with E-state index in [0.717, 1.165) is 16.7 Å². The third kappa shape index (κ3) is 2.73. The second kappa shape index (κ2) is 5.64. The Morgan fingerprint density at radius 2 is 2.14 bits per heavy atom. The Bertz CT molecular complexity index is 340. The molecule has 0 fully saturated rings. The number of hydrogen-bond acceptors (Lipinski definition) is 2. The first kappa shape index (κ1) is 13.0. The van der Waals surface area contributed by atoms with Gasteiger partial charge in [-0.3, -0.25) is 0 Å². The molecule has 76 valence electrons. The summed E-state index contributed by atoms with van der Waals surface area (Å²) < 4.78 is 0. The highest BCUT2D eigenvalue weighted by Gasteiger charge is 2.06. The molecule has 0 aromatic heterocycles. The van der Waals surface area contributed by atoms with Crippen LogP contribution in [0.1, 0.15) is 29.7 Å². The van der Waals surface area contributed by atoms with Crippen LogP contribution in [0, 0.1) is 18.3 Å². The molecule has 14 heavy (non-hydrogen) atoms. The highest BCUT2D eigenvalue weighted by atomic mass is 35.5. The van der Waals surface area contributed by atoms with Crippen LogP contribution in [0.25, 0.3) is 0 Å². The van der Waals surface area contributed by atoms with E-state index in [1.807, 2.05) is 32.0 Å². The van der Waals surface area contributed by atoms with Gasteiger partial charge < -0.3 is 5.73 Å². The number of rotatable bonds is 2. The fourth-order valence-electron chi connectivity index (χ4n) is 1.47. The van der Waals surface area contributed by atoms with Crippen LogP contribution in [-0.2, 0) is 6.42 Å². The lowest BCUT2D eigenvalue weighted by Gasteiger charge is -2.11. The molecule has 0 amide bonds. The van der Waals surface area contributed by atoms with Crippen LogP contribution in [0.2, 0.25) is 0 Å². The predicted octanol–water partition coefficient (Wildman–Crippen LogP) is 2.50. The molecule has 2 nitrogen and oxygen atoms in total. The van der Waals surface area contributed by atoms with Crippen LogP contribution >= 0.6 is 12.4 Å². The normalized spacial score (nSPS) is 11.3. The largest absolute Gasteiger partial charge is 0.324 e. The molecular weight excluding hydrogens is 196 g/mol. The van der Waals surface area contributed by atoms with Crippen LogP contribution in [0.15, 0.2) is 18.2 Å². The van der Waals surface area contributed by atoms with Gasteiger partial charge in [0.05, 0.1) is 12.5 Å². The predicted molar refractivity (Wildman–Crippen MR) is 60.3 cm³/mol. The minimum atomic E-state index is 0. The van der Waals surface area contributed by atoms with Crippen molar-refractivity contribution in [2.24, 2.45) is 5.73 Å². The average Bonchev–Trinajstić information content (AvgIpc) is 2.08. The van der Waals surface area contributed by atoms with Crippen molar-refractivity contribution in [3.63, 3.8) is 0 Å². The topological polar surface area (TPSA) is 49.8 Å². The molecule has 0 saturated carbocycles. The number of benzene rings is 1. The van der Waals surface area contributed by atoms with Crippen LogP contribution in [-0.4, -0.2) is 0 Å². The monoisotopic (exact) mass is 210 g/mol. The average molecular weight is 211 g/mol. The molecule has 1 atom stereocenters. The van der Waals surface area contributed by atoms with Crippen molar-refractivity contribution >= 4 is 12.4 Å². The Hall–Kier alpha value is -1.04. The van der Waals surface area contributed by atoms with E-state index in [1.165, 1.54) is 0 Å². The van der Waals surface area contributed by atoms with Gasteiger partial charge in [-0.05, 0) is 30.5 Å². The maximum absolute atomic E-state index is 8.59. The zero-order valence-corrected chi connectivity index (χ0v) is 9.27. The van der Waals surface area contributed by atoms with Gasteiger partial charge in [-0.15, -0.1) is 12.4 Å². The molecule has 2 N–H and O–H groups in total. The summed E-state index contributed by atoms with van der Waals surface area (Å²) in [7, 11) is 0. The van der Waals surface area contributed by atoms with Crippen molar-refractivity contribution in [2.75, 3.05) is 0 Å². The Balaban J connectivity index is 0.00000169. The minimum Gasteiger partial charge on any atom is -0.324 e. The highest BCUT2D eigenvalue weighted by molar-refractivity contribution is 5.85. The summed E-state index contributed by atoms with van der Waals surface area (Å²) in [5.74, 6) is 0. The molecule has 0 spiro atoms. The summed E-state index contributed by atoms with van der Waals surface area (Å²) in [4.78, 5) is 0. The molecule has 0 saturated heterocycles. The SMILES string of the molecule is Cc1c(CC#N)cccc1[C@@H](C)N.Cl. The molecule has 1 rings (SSSR count). The van der Waals surface area contributed by atoms with Crippen LogP contribution in [0.5, 0.6) is 0 Å². The third-order valence-corrected chi connectivity index (χ3v) is 2.25. The maximum Gasteiger partial charge on any atom is 0.0669 e. The van der Waals surface area contributed by atoms with E-state index >= 15 is 0 Å². The Kier molecular flexibility index (Phi) is 5.22. The fraction of sp³-hybridized carbons (Fsp3) is 0.364. The van der Waals surface area contributed by atoms with Crippen LogP contribution in [0.4, 0.5) is 0 Å². The van der Waals surface area contributed by atoms with E-state index in [-0.39, 0.29) is 18.4 Å². The van der Waals surface area contributed by atoms with Gasteiger partial charge in [0.1, 0.15) is 0 Å². The maximum atomic E-state index is 8.59. The van der Waals surface area contributed by atoms with Crippen molar-refractivity contribution in [2.45, 2.75) is 26.3 Å². The van der Waals surface area contributed by atoms with Gasteiger partial charge in [-0.1, -0.05) is 18.2 Å². The van der Waals surface area contributed by atoms with E-state index < -0.39 is 0 Å². The summed E-state index contributed by atoms with van der Waals surface area (Å²) >= 11 is 0. The van der Waals surface area contributed by atoms with E-state index in [1.54, 1.807) is 0 Å². The van der Waals surface area contributed by atoms with Crippen molar-refractivity contribution in [1.82, 2.24) is 0 Å². The van der Waals surface area contributed by atoms with E-state index in [9.17, 15) is 0 Å². The lowest BCUT2D eigenvalue weighted by atomic mass is 9.97. The standard InChI is InChI=1S/C11H14N2.ClH/c1-8-10(6-7-12)4-3-5-11(8)9(2)13;/h3-5,9H,6,13H2,1-2H3;1H/t9-;/m1./s1. The summed E-state index contributed by atoms with van der Waals surface area (Å²) in [6.45, 7) is 3.98. The number of hydrogen-bond donors (Lipinski definition) is 1. The summed E-state index contributed by atoms with van der Waals surface area (Å²) in [6, 6.07) is 8.14. The van der Waals surface area contributed by atoms with E-state index in [0.29, 0.717) is 6.42 Å². The molecule has 0 aliphatic carbocycles. The Labute approximate surface area is 91.1 Å². The second-order valence-corrected chi connectivity index (χ2v) is 3.25. The first-order chi connectivity index (χ1) is 6.16. The molecule has 1 aromatic rings. The zero-order valence-electron chi connectivity index (χ0n) is 8.45. The van der Waals surface area contributed by atoms with Crippen LogP contribution < -0.4 is 5.73 Å². The van der Waals surface area contributed by atoms with Crippen LogP contribution in [0.3, 0.4) is 0 Å². The Morgan fingerprint density at radius 1 is 1.50 bits per heavy atom. The highest BCUT2D eigenvalue weighted by Crippen LogP contribution is 2.18. The molecule has 3 heteroatoms. The van der Waals surface area contributed by atoms with Crippen molar-refractivity contribution in [3.05, 3.63) is 34.9 Å².